The molecular weight excluding hydrogens is 462 g/mol. The molecule has 0 aliphatic heterocycles. The molecule has 33 heavy (non-hydrogen) atoms. The van der Waals surface area contributed by atoms with Crippen LogP contribution in [0.25, 0.3) is 0 Å². The van der Waals surface area contributed by atoms with Gasteiger partial charge in [-0.3, -0.25) is 4.79 Å². The van der Waals surface area contributed by atoms with Crippen LogP contribution in [0, 0.1) is 6.92 Å². The molecule has 0 atom stereocenters. The van der Waals surface area contributed by atoms with Gasteiger partial charge in [0.1, 0.15) is 5.75 Å². The first-order valence-electron chi connectivity index (χ1n) is 10.1. The summed E-state index contributed by atoms with van der Waals surface area (Å²) in [6, 6.07) is 20.4. The molecular formula is C24H24ClN3O4S. The lowest BCUT2D eigenvalue weighted by molar-refractivity contribution is -0.121. The number of methoxy groups -OCH3 is 1. The number of sulfonamides is 1. The summed E-state index contributed by atoms with van der Waals surface area (Å²) in [6.07, 6.45) is 1.44. The minimum absolute atomic E-state index is 0.00296. The van der Waals surface area contributed by atoms with Crippen LogP contribution in [-0.2, 0) is 21.4 Å². The third-order valence-corrected chi connectivity index (χ3v) is 6.84. The fraction of sp³-hybridized carbons (Fsp3) is 0.167. The Labute approximate surface area is 198 Å². The van der Waals surface area contributed by atoms with Crippen molar-refractivity contribution in [2.45, 2.75) is 18.4 Å². The monoisotopic (exact) mass is 485 g/mol. The van der Waals surface area contributed by atoms with Crippen molar-refractivity contribution in [1.29, 1.82) is 0 Å². The van der Waals surface area contributed by atoms with Crippen molar-refractivity contribution in [2.75, 3.05) is 13.7 Å². The number of rotatable bonds is 9. The van der Waals surface area contributed by atoms with E-state index in [0.717, 1.165) is 9.87 Å². The minimum Gasteiger partial charge on any atom is -0.496 e. The van der Waals surface area contributed by atoms with Crippen LogP contribution in [-0.4, -0.2) is 38.5 Å². The molecule has 0 fully saturated rings. The summed E-state index contributed by atoms with van der Waals surface area (Å²) in [5.74, 6) is 0.0209. The molecule has 9 heteroatoms. The molecule has 172 valence electrons. The van der Waals surface area contributed by atoms with Gasteiger partial charge >= 0.3 is 0 Å². The predicted molar refractivity (Wildman–Crippen MR) is 129 cm³/mol. The lowest BCUT2D eigenvalue weighted by atomic mass is 10.2. The maximum Gasteiger partial charge on any atom is 0.255 e. The average Bonchev–Trinajstić information content (AvgIpc) is 2.80. The number of halogens is 1. The second-order valence-electron chi connectivity index (χ2n) is 7.25. The standard InChI is InChI=1S/C24H24ClN3O4S/c1-18-7-13-22(14-8-18)33(30,31)28(16-19-9-11-21(25)12-10-19)17-24(29)27-26-15-20-5-3-4-6-23(20)32-2/h3-15H,16-17H2,1-2H3,(H,27,29)/b26-15+. The van der Waals surface area contributed by atoms with Crippen molar-refractivity contribution >= 4 is 33.7 Å². The Bertz CT molecular complexity index is 1230. The van der Waals surface area contributed by atoms with E-state index in [4.69, 9.17) is 16.3 Å². The maximum atomic E-state index is 13.3. The SMILES string of the molecule is COc1ccccc1/C=N/NC(=O)CN(Cc1ccc(Cl)cc1)S(=O)(=O)c1ccc(C)cc1. The number of ether oxygens (including phenoxy) is 1. The largest absolute Gasteiger partial charge is 0.496 e. The first-order valence-corrected chi connectivity index (χ1v) is 11.9. The Morgan fingerprint density at radius 3 is 2.39 bits per heavy atom. The minimum atomic E-state index is -3.94. The number of para-hydroxylation sites is 1. The average molecular weight is 486 g/mol. The van der Waals surface area contributed by atoms with Crippen LogP contribution in [0.2, 0.25) is 5.02 Å². The van der Waals surface area contributed by atoms with Gasteiger partial charge in [-0.05, 0) is 48.9 Å². The van der Waals surface area contributed by atoms with Crippen LogP contribution >= 0.6 is 11.6 Å². The van der Waals surface area contributed by atoms with E-state index in [-0.39, 0.29) is 11.4 Å². The summed E-state index contributed by atoms with van der Waals surface area (Å²) >= 11 is 5.94. The Kier molecular flexibility index (Phi) is 8.21. The molecule has 0 saturated heterocycles. The van der Waals surface area contributed by atoms with Crippen LogP contribution in [0.5, 0.6) is 5.75 Å². The van der Waals surface area contributed by atoms with Gasteiger partial charge in [0.15, 0.2) is 0 Å². The van der Waals surface area contributed by atoms with Gasteiger partial charge < -0.3 is 4.74 Å². The summed E-state index contributed by atoms with van der Waals surface area (Å²) in [5.41, 5.74) is 4.69. The van der Waals surface area contributed by atoms with Gasteiger partial charge in [0.2, 0.25) is 10.0 Å². The van der Waals surface area contributed by atoms with E-state index in [0.29, 0.717) is 21.9 Å². The quantitative estimate of drug-likeness (QED) is 0.366. The fourth-order valence-corrected chi connectivity index (χ4v) is 4.53. The van der Waals surface area contributed by atoms with Crippen molar-refractivity contribution in [1.82, 2.24) is 9.73 Å². The number of amides is 1. The highest BCUT2D eigenvalue weighted by molar-refractivity contribution is 7.89. The number of hydrogen-bond donors (Lipinski definition) is 1. The Morgan fingerprint density at radius 2 is 1.73 bits per heavy atom. The molecule has 3 rings (SSSR count). The maximum absolute atomic E-state index is 13.3. The number of aryl methyl sites for hydroxylation is 1. The van der Waals surface area contributed by atoms with Crippen molar-refractivity contribution in [3.8, 4) is 5.75 Å². The van der Waals surface area contributed by atoms with Crippen molar-refractivity contribution in [3.63, 3.8) is 0 Å². The van der Waals surface area contributed by atoms with Gasteiger partial charge in [0.25, 0.3) is 5.91 Å². The second-order valence-corrected chi connectivity index (χ2v) is 9.62. The van der Waals surface area contributed by atoms with Gasteiger partial charge in [0.05, 0.1) is 24.8 Å². The summed E-state index contributed by atoms with van der Waals surface area (Å²) in [7, 11) is -2.40. The molecule has 3 aromatic rings. The summed E-state index contributed by atoms with van der Waals surface area (Å²) in [5, 5.41) is 4.48. The smallest absolute Gasteiger partial charge is 0.255 e. The van der Waals surface area contributed by atoms with Crippen molar-refractivity contribution in [3.05, 3.63) is 94.5 Å². The normalized spacial score (nSPS) is 11.6. The van der Waals surface area contributed by atoms with Gasteiger partial charge in [-0.15, -0.1) is 0 Å². The zero-order chi connectivity index (χ0) is 23.8. The summed E-state index contributed by atoms with van der Waals surface area (Å²) in [4.78, 5) is 12.7. The molecule has 0 radical (unpaired) electrons. The molecule has 0 aromatic heterocycles. The number of hydrazone groups is 1. The highest BCUT2D eigenvalue weighted by atomic mass is 35.5. The van der Waals surface area contributed by atoms with E-state index in [9.17, 15) is 13.2 Å². The van der Waals surface area contributed by atoms with E-state index >= 15 is 0 Å². The molecule has 7 nitrogen and oxygen atoms in total. The third-order valence-electron chi connectivity index (χ3n) is 4.78. The topological polar surface area (TPSA) is 88.1 Å². The molecule has 3 aromatic carbocycles. The summed E-state index contributed by atoms with van der Waals surface area (Å²) in [6.45, 7) is 1.45. The number of nitrogens with one attached hydrogen (secondary N) is 1. The Balaban J connectivity index is 1.79. The zero-order valence-corrected chi connectivity index (χ0v) is 19.8. The van der Waals surface area contributed by atoms with Gasteiger partial charge in [0, 0.05) is 17.1 Å². The third kappa shape index (κ3) is 6.64. The summed E-state index contributed by atoms with van der Waals surface area (Å²) < 4.78 is 32.9. The van der Waals surface area contributed by atoms with Gasteiger partial charge in [-0.25, -0.2) is 13.8 Å². The van der Waals surface area contributed by atoms with E-state index < -0.39 is 22.5 Å². The van der Waals surface area contributed by atoms with Crippen molar-refractivity contribution < 1.29 is 17.9 Å². The van der Waals surface area contributed by atoms with Crippen LogP contribution in [0.15, 0.2) is 82.8 Å². The van der Waals surface area contributed by atoms with Crippen LogP contribution in [0.4, 0.5) is 0 Å². The number of carbonyl (C=O) groups is 1. The molecule has 0 saturated carbocycles. The van der Waals surface area contributed by atoms with Gasteiger partial charge in [-0.1, -0.05) is 53.6 Å². The lowest BCUT2D eigenvalue weighted by Crippen LogP contribution is -2.39. The first kappa shape index (κ1) is 24.4. The molecule has 0 heterocycles. The van der Waals surface area contributed by atoms with Crippen LogP contribution in [0.1, 0.15) is 16.7 Å². The zero-order valence-electron chi connectivity index (χ0n) is 18.2. The van der Waals surface area contributed by atoms with E-state index in [1.807, 2.05) is 19.1 Å². The Hall–Kier alpha value is -3.20. The van der Waals surface area contributed by atoms with Crippen molar-refractivity contribution in [2.24, 2.45) is 5.10 Å². The number of benzene rings is 3. The predicted octanol–water partition coefficient (Wildman–Crippen LogP) is 4.00. The van der Waals surface area contributed by atoms with Crippen LogP contribution in [0.3, 0.4) is 0 Å². The highest BCUT2D eigenvalue weighted by Crippen LogP contribution is 2.20. The number of nitrogens with zero attached hydrogens (tertiary/aromatic N) is 2. The fourth-order valence-electron chi connectivity index (χ4n) is 3.02. The molecule has 1 N–H and O–H groups in total. The highest BCUT2D eigenvalue weighted by Gasteiger charge is 2.27. The van der Waals surface area contributed by atoms with Gasteiger partial charge in [-0.2, -0.15) is 9.41 Å². The van der Waals surface area contributed by atoms with E-state index in [1.54, 1.807) is 48.5 Å². The molecule has 0 spiro atoms. The molecule has 0 unspecified atom stereocenters. The molecule has 0 aliphatic carbocycles. The van der Waals surface area contributed by atoms with E-state index in [2.05, 4.69) is 10.5 Å². The number of hydrogen-bond acceptors (Lipinski definition) is 5. The Morgan fingerprint density at radius 1 is 1.06 bits per heavy atom. The first-order chi connectivity index (χ1) is 15.8. The molecule has 1 amide bonds. The van der Waals surface area contributed by atoms with Crippen LogP contribution < -0.4 is 10.2 Å². The molecule has 0 bridgehead atoms. The van der Waals surface area contributed by atoms with E-state index in [1.165, 1.54) is 25.5 Å². The second kappa shape index (κ2) is 11.1. The molecule has 0 aliphatic rings. The number of carbonyl (C=O) groups excluding carboxylic acids is 1. The lowest BCUT2D eigenvalue weighted by Gasteiger charge is -2.21.